The lowest BCUT2D eigenvalue weighted by atomic mass is 9.97. The number of benzene rings is 1. The normalized spacial score (nSPS) is 19.4. The van der Waals surface area contributed by atoms with Crippen LogP contribution in [0.15, 0.2) is 29.4 Å². The van der Waals surface area contributed by atoms with Crippen LogP contribution in [0.2, 0.25) is 0 Å². The highest BCUT2D eigenvalue weighted by molar-refractivity contribution is 7.99. The second kappa shape index (κ2) is 6.80. The zero-order chi connectivity index (χ0) is 16.4. The Morgan fingerprint density at radius 3 is 3.12 bits per heavy atom. The molecule has 1 N–H and O–H groups in total. The Kier molecular flexibility index (Phi) is 4.38. The van der Waals surface area contributed by atoms with Crippen LogP contribution >= 0.6 is 11.8 Å². The Hall–Kier alpha value is -2.09. The standard InChI is InChI=1S/C16H19N5O2S/c22-15(10-24-16-18-19-20-21(16)13-5-6-13)17-8-11-7-12-3-1-2-4-14(12)23-9-11/h1-4,11,13H,5-10H2,(H,17,22). The molecule has 1 amide bonds. The van der Waals surface area contributed by atoms with Crippen molar-refractivity contribution in [3.63, 3.8) is 0 Å². The fourth-order valence-electron chi connectivity index (χ4n) is 2.79. The van der Waals surface area contributed by atoms with Crippen molar-refractivity contribution >= 4 is 17.7 Å². The van der Waals surface area contributed by atoms with Crippen LogP contribution < -0.4 is 10.1 Å². The minimum Gasteiger partial charge on any atom is -0.493 e. The van der Waals surface area contributed by atoms with E-state index in [-0.39, 0.29) is 5.91 Å². The van der Waals surface area contributed by atoms with Crippen molar-refractivity contribution in [3.05, 3.63) is 29.8 Å². The molecule has 0 radical (unpaired) electrons. The van der Waals surface area contributed by atoms with Crippen molar-refractivity contribution in [2.75, 3.05) is 18.9 Å². The number of thioether (sulfide) groups is 1. The maximum Gasteiger partial charge on any atom is 0.230 e. The monoisotopic (exact) mass is 345 g/mol. The lowest BCUT2D eigenvalue weighted by Gasteiger charge is -2.25. The van der Waals surface area contributed by atoms with Crippen LogP contribution in [0.4, 0.5) is 0 Å². The largest absolute Gasteiger partial charge is 0.493 e. The highest BCUT2D eigenvalue weighted by atomic mass is 32.2. The summed E-state index contributed by atoms with van der Waals surface area (Å²) < 4.78 is 7.57. The molecule has 2 aliphatic rings. The topological polar surface area (TPSA) is 81.9 Å². The molecular formula is C16H19N5O2S. The molecule has 24 heavy (non-hydrogen) atoms. The summed E-state index contributed by atoms with van der Waals surface area (Å²) in [5.41, 5.74) is 1.21. The van der Waals surface area contributed by atoms with Gasteiger partial charge in [-0.3, -0.25) is 4.79 Å². The number of nitrogens with one attached hydrogen (secondary N) is 1. The molecular weight excluding hydrogens is 326 g/mol. The first kappa shape index (κ1) is 15.4. The maximum atomic E-state index is 12.1. The third kappa shape index (κ3) is 3.53. The summed E-state index contributed by atoms with van der Waals surface area (Å²) in [7, 11) is 0. The van der Waals surface area contributed by atoms with Crippen LogP contribution in [0.3, 0.4) is 0 Å². The van der Waals surface area contributed by atoms with Crippen LogP contribution in [-0.4, -0.2) is 45.0 Å². The summed E-state index contributed by atoms with van der Waals surface area (Å²) >= 11 is 1.39. The van der Waals surface area contributed by atoms with Gasteiger partial charge in [0.05, 0.1) is 18.4 Å². The Bertz CT molecular complexity index is 731. The lowest BCUT2D eigenvalue weighted by Crippen LogP contribution is -2.35. The van der Waals surface area contributed by atoms with Crippen molar-refractivity contribution in [1.82, 2.24) is 25.5 Å². The molecule has 1 fully saturated rings. The van der Waals surface area contributed by atoms with Crippen LogP contribution in [-0.2, 0) is 11.2 Å². The Morgan fingerprint density at radius 2 is 2.25 bits per heavy atom. The SMILES string of the molecule is O=C(CSc1nnnn1C1CC1)NCC1COc2ccccc2C1. The summed E-state index contributed by atoms with van der Waals surface area (Å²) in [4.78, 5) is 12.1. The molecule has 1 aliphatic heterocycles. The Labute approximate surface area is 144 Å². The van der Waals surface area contributed by atoms with Gasteiger partial charge in [0.15, 0.2) is 0 Å². The summed E-state index contributed by atoms with van der Waals surface area (Å²) in [6.07, 6.45) is 3.17. The maximum absolute atomic E-state index is 12.1. The van der Waals surface area contributed by atoms with Crippen molar-refractivity contribution in [3.8, 4) is 5.75 Å². The van der Waals surface area contributed by atoms with E-state index >= 15 is 0 Å². The highest BCUT2D eigenvalue weighted by Crippen LogP contribution is 2.36. The number of aromatic nitrogens is 4. The van der Waals surface area contributed by atoms with Gasteiger partial charge >= 0.3 is 0 Å². The number of hydrogen-bond donors (Lipinski definition) is 1. The summed E-state index contributed by atoms with van der Waals surface area (Å²) in [5, 5.41) is 15.4. The van der Waals surface area contributed by atoms with E-state index in [0.29, 0.717) is 30.9 Å². The molecule has 1 aromatic heterocycles. The molecule has 2 aromatic rings. The van der Waals surface area contributed by atoms with Gasteiger partial charge in [0, 0.05) is 12.5 Å². The second-order valence-electron chi connectivity index (χ2n) is 6.22. The number of para-hydroxylation sites is 1. The number of ether oxygens (including phenoxy) is 1. The molecule has 1 unspecified atom stereocenters. The third-order valence-electron chi connectivity index (χ3n) is 4.23. The number of hydrogen-bond acceptors (Lipinski definition) is 6. The molecule has 0 saturated heterocycles. The number of amides is 1. The molecule has 1 atom stereocenters. The molecule has 0 bridgehead atoms. The van der Waals surface area contributed by atoms with Crippen molar-refractivity contribution in [2.45, 2.75) is 30.5 Å². The van der Waals surface area contributed by atoms with Crippen LogP contribution in [0.5, 0.6) is 5.75 Å². The Morgan fingerprint density at radius 1 is 1.38 bits per heavy atom. The minimum absolute atomic E-state index is 0.00389. The number of carbonyl (C=O) groups excluding carboxylic acids is 1. The van der Waals surface area contributed by atoms with Crippen molar-refractivity contribution in [2.24, 2.45) is 5.92 Å². The first-order valence-electron chi connectivity index (χ1n) is 8.17. The van der Waals surface area contributed by atoms with E-state index in [9.17, 15) is 4.79 Å². The number of fused-ring (bicyclic) bond motifs is 1. The molecule has 1 aliphatic carbocycles. The molecule has 1 saturated carbocycles. The van der Waals surface area contributed by atoms with Crippen molar-refractivity contribution in [1.29, 1.82) is 0 Å². The first-order chi connectivity index (χ1) is 11.8. The molecule has 7 nitrogen and oxygen atoms in total. The van der Waals surface area contributed by atoms with E-state index in [1.807, 2.05) is 22.9 Å². The first-order valence-corrected chi connectivity index (χ1v) is 9.16. The highest BCUT2D eigenvalue weighted by Gasteiger charge is 2.28. The second-order valence-corrected chi connectivity index (χ2v) is 7.16. The predicted molar refractivity (Wildman–Crippen MR) is 89.0 cm³/mol. The fraction of sp³-hybridized carbons (Fsp3) is 0.500. The number of rotatable bonds is 6. The quantitative estimate of drug-likeness (QED) is 0.799. The zero-order valence-electron chi connectivity index (χ0n) is 13.2. The van der Waals surface area contributed by atoms with E-state index in [1.165, 1.54) is 17.3 Å². The summed E-state index contributed by atoms with van der Waals surface area (Å²) in [6.45, 7) is 1.27. The summed E-state index contributed by atoms with van der Waals surface area (Å²) in [5.74, 6) is 1.61. The predicted octanol–water partition coefficient (Wildman–Crippen LogP) is 1.47. The van der Waals surface area contributed by atoms with Gasteiger partial charge in [-0.15, -0.1) is 5.10 Å². The van der Waals surface area contributed by atoms with Crippen LogP contribution in [0.1, 0.15) is 24.4 Å². The average Bonchev–Trinajstić information content (AvgIpc) is 3.36. The van der Waals surface area contributed by atoms with Crippen LogP contribution in [0, 0.1) is 5.92 Å². The molecule has 4 rings (SSSR count). The molecule has 1 aromatic carbocycles. The molecule has 2 heterocycles. The molecule has 0 spiro atoms. The van der Waals surface area contributed by atoms with Gasteiger partial charge in [-0.25, -0.2) is 4.68 Å². The van der Waals surface area contributed by atoms with Gasteiger partial charge in [-0.2, -0.15) is 0 Å². The number of carbonyl (C=O) groups is 1. The minimum atomic E-state index is 0.00389. The number of tetrazole rings is 1. The lowest BCUT2D eigenvalue weighted by molar-refractivity contribution is -0.118. The Balaban J connectivity index is 1.23. The molecule has 8 heteroatoms. The van der Waals surface area contributed by atoms with E-state index in [2.05, 4.69) is 26.9 Å². The van der Waals surface area contributed by atoms with Gasteiger partial charge in [0.25, 0.3) is 0 Å². The van der Waals surface area contributed by atoms with Crippen molar-refractivity contribution < 1.29 is 9.53 Å². The van der Waals surface area contributed by atoms with E-state index in [1.54, 1.807) is 0 Å². The number of nitrogens with zero attached hydrogens (tertiary/aromatic N) is 4. The zero-order valence-corrected chi connectivity index (χ0v) is 14.0. The summed E-state index contributed by atoms with van der Waals surface area (Å²) in [6, 6.07) is 8.49. The van der Waals surface area contributed by atoms with Gasteiger partial charge in [-0.05, 0) is 41.3 Å². The van der Waals surface area contributed by atoms with E-state index in [4.69, 9.17) is 4.74 Å². The van der Waals surface area contributed by atoms with E-state index in [0.717, 1.165) is 30.2 Å². The van der Waals surface area contributed by atoms with Gasteiger partial charge in [0.1, 0.15) is 5.75 Å². The van der Waals surface area contributed by atoms with Gasteiger partial charge in [0.2, 0.25) is 11.1 Å². The van der Waals surface area contributed by atoms with Gasteiger partial charge < -0.3 is 10.1 Å². The van der Waals surface area contributed by atoms with Crippen LogP contribution in [0.25, 0.3) is 0 Å². The third-order valence-corrected chi connectivity index (χ3v) is 5.16. The van der Waals surface area contributed by atoms with Gasteiger partial charge in [-0.1, -0.05) is 30.0 Å². The fourth-order valence-corrected chi connectivity index (χ4v) is 3.56. The molecule has 126 valence electrons. The smallest absolute Gasteiger partial charge is 0.230 e. The van der Waals surface area contributed by atoms with E-state index < -0.39 is 0 Å². The average molecular weight is 345 g/mol.